The second-order valence-corrected chi connectivity index (χ2v) is 3.95. The number of carbonyl (C=O) groups excluding carboxylic acids is 1. The van der Waals surface area contributed by atoms with Crippen LogP contribution in [0.25, 0.3) is 0 Å². The predicted octanol–water partition coefficient (Wildman–Crippen LogP) is 0.253. The van der Waals surface area contributed by atoms with E-state index in [9.17, 15) is 4.79 Å². The van der Waals surface area contributed by atoms with E-state index >= 15 is 0 Å². The molecule has 1 aliphatic rings. The molecule has 2 rings (SSSR count). The van der Waals surface area contributed by atoms with E-state index in [0.717, 1.165) is 0 Å². The van der Waals surface area contributed by atoms with Crippen LogP contribution >= 0.6 is 0 Å². The molecule has 1 fully saturated rings. The lowest BCUT2D eigenvalue weighted by atomic mass is 10.2. The number of methoxy groups -OCH3 is 1. The molecule has 0 amide bonds. The Morgan fingerprint density at radius 2 is 2.42 bits per heavy atom. The first-order chi connectivity index (χ1) is 9.26. The molecule has 0 spiro atoms. The van der Waals surface area contributed by atoms with Gasteiger partial charge in [-0.3, -0.25) is 0 Å². The van der Waals surface area contributed by atoms with Crippen LogP contribution in [0.4, 0.5) is 5.82 Å². The van der Waals surface area contributed by atoms with Crippen LogP contribution in [0.2, 0.25) is 0 Å². The minimum absolute atomic E-state index is 0.292. The highest BCUT2D eigenvalue weighted by Gasteiger charge is 2.31. The number of morpholine rings is 1. The zero-order valence-electron chi connectivity index (χ0n) is 11.0. The number of ether oxygens (including phenoxy) is 3. The number of hydrogen-bond donors (Lipinski definition) is 0. The zero-order valence-corrected chi connectivity index (χ0v) is 11.0. The maximum absolute atomic E-state index is 11.7. The predicted molar refractivity (Wildman–Crippen MR) is 67.2 cm³/mol. The summed E-state index contributed by atoms with van der Waals surface area (Å²) in [7, 11) is 1.36. The number of anilines is 1. The summed E-state index contributed by atoms with van der Waals surface area (Å²) in [6.07, 6.45) is 1.42. The van der Waals surface area contributed by atoms with Crippen LogP contribution in [0.1, 0.15) is 6.92 Å². The van der Waals surface area contributed by atoms with Gasteiger partial charge >= 0.3 is 5.97 Å². The molecule has 1 atom stereocenters. The molecule has 0 radical (unpaired) electrons. The molecule has 0 saturated carbocycles. The molecule has 7 heteroatoms. The average Bonchev–Trinajstić information content (AvgIpc) is 2.47. The van der Waals surface area contributed by atoms with E-state index in [0.29, 0.717) is 38.1 Å². The molecule has 1 aliphatic heterocycles. The van der Waals surface area contributed by atoms with E-state index in [-0.39, 0.29) is 5.97 Å². The smallest absolute Gasteiger partial charge is 0.330 e. The SMILES string of the molecule is CCOc1cc(N2CCOCC2C(=O)OC)ncn1. The first kappa shape index (κ1) is 13.5. The number of esters is 1. The van der Waals surface area contributed by atoms with E-state index in [4.69, 9.17) is 14.2 Å². The summed E-state index contributed by atoms with van der Waals surface area (Å²) in [6, 6.07) is 1.23. The van der Waals surface area contributed by atoms with Crippen LogP contribution < -0.4 is 9.64 Å². The second kappa shape index (κ2) is 6.33. The Morgan fingerprint density at radius 3 is 3.16 bits per heavy atom. The second-order valence-electron chi connectivity index (χ2n) is 3.95. The van der Waals surface area contributed by atoms with E-state index in [1.54, 1.807) is 6.07 Å². The van der Waals surface area contributed by atoms with Crippen molar-refractivity contribution in [2.45, 2.75) is 13.0 Å². The van der Waals surface area contributed by atoms with Gasteiger partial charge in [0.25, 0.3) is 0 Å². The molecule has 2 heterocycles. The van der Waals surface area contributed by atoms with Crippen LogP contribution in [0, 0.1) is 0 Å². The summed E-state index contributed by atoms with van der Waals surface area (Å²) in [5, 5.41) is 0. The van der Waals surface area contributed by atoms with Crippen LogP contribution in [-0.4, -0.2) is 55.5 Å². The fraction of sp³-hybridized carbons (Fsp3) is 0.583. The summed E-state index contributed by atoms with van der Waals surface area (Å²) in [4.78, 5) is 21.8. The van der Waals surface area contributed by atoms with Gasteiger partial charge in [0.15, 0.2) is 6.04 Å². The van der Waals surface area contributed by atoms with Gasteiger partial charge in [-0.15, -0.1) is 0 Å². The molecule has 0 aromatic carbocycles. The third kappa shape index (κ3) is 3.11. The molecular weight excluding hydrogens is 250 g/mol. The molecule has 0 aliphatic carbocycles. The quantitative estimate of drug-likeness (QED) is 0.724. The van der Waals surface area contributed by atoms with Crippen LogP contribution in [0.5, 0.6) is 5.88 Å². The molecule has 7 nitrogen and oxygen atoms in total. The van der Waals surface area contributed by atoms with Gasteiger partial charge in [-0.1, -0.05) is 0 Å². The number of nitrogens with zero attached hydrogens (tertiary/aromatic N) is 3. The molecule has 1 saturated heterocycles. The van der Waals surface area contributed by atoms with Crippen LogP contribution in [-0.2, 0) is 14.3 Å². The standard InChI is InChI=1S/C12H17N3O4/c1-3-19-11-6-10(13-8-14-11)15-4-5-18-7-9(15)12(16)17-2/h6,8-9H,3-5,7H2,1-2H3. The van der Waals surface area contributed by atoms with Gasteiger partial charge in [0.1, 0.15) is 12.1 Å². The lowest BCUT2D eigenvalue weighted by molar-refractivity contribution is -0.144. The molecule has 0 bridgehead atoms. The first-order valence-corrected chi connectivity index (χ1v) is 6.13. The van der Waals surface area contributed by atoms with E-state index < -0.39 is 6.04 Å². The molecule has 0 N–H and O–H groups in total. The van der Waals surface area contributed by atoms with Gasteiger partial charge in [0.05, 0.1) is 26.9 Å². The Kier molecular flexibility index (Phi) is 4.51. The third-order valence-corrected chi connectivity index (χ3v) is 2.82. The van der Waals surface area contributed by atoms with Crippen LogP contribution in [0.3, 0.4) is 0 Å². The number of rotatable bonds is 4. The van der Waals surface area contributed by atoms with Crippen molar-refractivity contribution in [3.05, 3.63) is 12.4 Å². The highest BCUT2D eigenvalue weighted by atomic mass is 16.5. The van der Waals surface area contributed by atoms with E-state index in [1.807, 2.05) is 11.8 Å². The van der Waals surface area contributed by atoms with Gasteiger partial charge in [0.2, 0.25) is 5.88 Å². The van der Waals surface area contributed by atoms with E-state index in [2.05, 4.69) is 9.97 Å². The Bertz CT molecular complexity index is 441. The third-order valence-electron chi connectivity index (χ3n) is 2.82. The lowest BCUT2D eigenvalue weighted by Crippen LogP contribution is -2.51. The molecule has 104 valence electrons. The Hall–Kier alpha value is -1.89. The van der Waals surface area contributed by atoms with Gasteiger partial charge in [-0.25, -0.2) is 14.8 Å². The average molecular weight is 267 g/mol. The van der Waals surface area contributed by atoms with Crippen molar-refractivity contribution in [1.82, 2.24) is 9.97 Å². The Morgan fingerprint density at radius 1 is 1.58 bits per heavy atom. The highest BCUT2D eigenvalue weighted by Crippen LogP contribution is 2.20. The minimum Gasteiger partial charge on any atom is -0.478 e. The number of aromatic nitrogens is 2. The van der Waals surface area contributed by atoms with Gasteiger partial charge in [-0.05, 0) is 6.92 Å². The number of hydrogen-bond acceptors (Lipinski definition) is 7. The minimum atomic E-state index is -0.483. The van der Waals surface area contributed by atoms with Crippen LogP contribution in [0.15, 0.2) is 12.4 Å². The Balaban J connectivity index is 2.21. The fourth-order valence-corrected chi connectivity index (χ4v) is 1.92. The Labute approximate surface area is 111 Å². The maximum Gasteiger partial charge on any atom is 0.330 e. The monoisotopic (exact) mass is 267 g/mol. The molecule has 1 aromatic heterocycles. The summed E-state index contributed by atoms with van der Waals surface area (Å²) in [6.45, 7) is 3.82. The lowest BCUT2D eigenvalue weighted by Gasteiger charge is -2.34. The summed E-state index contributed by atoms with van der Waals surface area (Å²) in [5.74, 6) is 0.788. The molecule has 19 heavy (non-hydrogen) atoms. The van der Waals surface area contributed by atoms with Crippen molar-refractivity contribution in [3.63, 3.8) is 0 Å². The molecular formula is C12H17N3O4. The van der Waals surface area contributed by atoms with Gasteiger partial charge in [0, 0.05) is 12.6 Å². The molecule has 1 unspecified atom stereocenters. The van der Waals surface area contributed by atoms with Gasteiger partial charge in [-0.2, -0.15) is 0 Å². The fourth-order valence-electron chi connectivity index (χ4n) is 1.92. The zero-order chi connectivity index (χ0) is 13.7. The summed E-state index contributed by atoms with van der Waals surface area (Å²) >= 11 is 0. The molecule has 1 aromatic rings. The van der Waals surface area contributed by atoms with Crippen molar-refractivity contribution < 1.29 is 19.0 Å². The summed E-state index contributed by atoms with van der Waals surface area (Å²) < 4.78 is 15.4. The maximum atomic E-state index is 11.7. The van der Waals surface area contributed by atoms with Crippen molar-refractivity contribution in [3.8, 4) is 5.88 Å². The van der Waals surface area contributed by atoms with Crippen molar-refractivity contribution in [1.29, 1.82) is 0 Å². The van der Waals surface area contributed by atoms with Crippen molar-refractivity contribution in [2.24, 2.45) is 0 Å². The first-order valence-electron chi connectivity index (χ1n) is 6.13. The van der Waals surface area contributed by atoms with Crippen molar-refractivity contribution >= 4 is 11.8 Å². The van der Waals surface area contributed by atoms with Gasteiger partial charge < -0.3 is 19.1 Å². The highest BCUT2D eigenvalue weighted by molar-refractivity contribution is 5.80. The topological polar surface area (TPSA) is 73.8 Å². The number of carbonyl (C=O) groups is 1. The van der Waals surface area contributed by atoms with Crippen molar-refractivity contribution in [2.75, 3.05) is 38.4 Å². The normalized spacial score (nSPS) is 19.1. The van der Waals surface area contributed by atoms with E-state index in [1.165, 1.54) is 13.4 Å². The summed E-state index contributed by atoms with van der Waals surface area (Å²) in [5.41, 5.74) is 0. The largest absolute Gasteiger partial charge is 0.478 e.